The summed E-state index contributed by atoms with van der Waals surface area (Å²) in [5.74, 6) is 1.04. The van der Waals surface area contributed by atoms with Gasteiger partial charge in [0.2, 0.25) is 0 Å². The van der Waals surface area contributed by atoms with Crippen LogP contribution >= 0.6 is 0 Å². The van der Waals surface area contributed by atoms with Crippen molar-refractivity contribution in [1.29, 1.82) is 0 Å². The van der Waals surface area contributed by atoms with Gasteiger partial charge in [0.15, 0.2) is 0 Å². The Balaban J connectivity index is 2.31. The maximum atomic E-state index is 9.99. The minimum atomic E-state index is -0.765. The van der Waals surface area contributed by atoms with Gasteiger partial charge in [-0.05, 0) is 24.7 Å². The van der Waals surface area contributed by atoms with E-state index in [1.165, 1.54) is 32.1 Å². The lowest BCUT2D eigenvalue weighted by Gasteiger charge is -2.29. The van der Waals surface area contributed by atoms with Gasteiger partial charge in [0.05, 0.1) is 12.2 Å². The van der Waals surface area contributed by atoms with E-state index in [0.29, 0.717) is 18.3 Å². The normalized spacial score (nSPS) is 23.6. The SMILES string of the molecule is CC(C)CC(O)[C@H](O)[C@@H](N)CC1CCCCC1. The zero-order valence-electron chi connectivity index (χ0n) is 11.3. The van der Waals surface area contributed by atoms with Crippen molar-refractivity contribution in [2.45, 2.75) is 77.0 Å². The molecule has 0 spiro atoms. The van der Waals surface area contributed by atoms with Gasteiger partial charge in [0.1, 0.15) is 0 Å². The van der Waals surface area contributed by atoms with Crippen molar-refractivity contribution in [3.8, 4) is 0 Å². The maximum absolute atomic E-state index is 9.99. The number of aliphatic hydroxyl groups is 2. The summed E-state index contributed by atoms with van der Waals surface area (Å²) in [5.41, 5.74) is 6.01. The summed E-state index contributed by atoms with van der Waals surface area (Å²) in [6, 6.07) is -0.271. The molecule has 3 heteroatoms. The molecule has 3 atom stereocenters. The average Bonchev–Trinajstić information content (AvgIpc) is 2.28. The van der Waals surface area contributed by atoms with Crippen LogP contribution in [0.2, 0.25) is 0 Å². The molecular formula is C14H29NO2. The Morgan fingerprint density at radius 3 is 2.24 bits per heavy atom. The molecule has 1 saturated carbocycles. The molecular weight excluding hydrogens is 214 g/mol. The van der Waals surface area contributed by atoms with E-state index in [1.54, 1.807) is 0 Å². The smallest absolute Gasteiger partial charge is 0.0949 e. The van der Waals surface area contributed by atoms with E-state index < -0.39 is 12.2 Å². The van der Waals surface area contributed by atoms with Crippen molar-refractivity contribution in [3.63, 3.8) is 0 Å². The van der Waals surface area contributed by atoms with E-state index in [9.17, 15) is 10.2 Å². The first-order chi connectivity index (χ1) is 8.00. The van der Waals surface area contributed by atoms with Crippen LogP contribution in [0.25, 0.3) is 0 Å². The summed E-state index contributed by atoms with van der Waals surface area (Å²) in [6.07, 6.45) is 6.44. The van der Waals surface area contributed by atoms with Crippen LogP contribution in [0.3, 0.4) is 0 Å². The standard InChI is InChI=1S/C14H29NO2/c1-10(2)8-13(16)14(17)12(15)9-11-6-4-3-5-7-11/h10-14,16-17H,3-9,15H2,1-2H3/t12-,13?,14+/m0/s1. The third-order valence-electron chi connectivity index (χ3n) is 3.88. The summed E-state index contributed by atoms with van der Waals surface area (Å²) in [5, 5.41) is 19.8. The van der Waals surface area contributed by atoms with Gasteiger partial charge in [-0.3, -0.25) is 0 Å². The molecule has 4 N–H and O–H groups in total. The predicted octanol–water partition coefficient (Wildman–Crippen LogP) is 2.05. The molecule has 0 aromatic rings. The molecule has 1 aliphatic rings. The lowest BCUT2D eigenvalue weighted by atomic mass is 9.83. The van der Waals surface area contributed by atoms with Gasteiger partial charge in [-0.25, -0.2) is 0 Å². The minimum absolute atomic E-state index is 0.271. The zero-order chi connectivity index (χ0) is 12.8. The van der Waals surface area contributed by atoms with Crippen LogP contribution in [0.5, 0.6) is 0 Å². The molecule has 17 heavy (non-hydrogen) atoms. The fraction of sp³-hybridized carbons (Fsp3) is 1.00. The van der Waals surface area contributed by atoms with Crippen LogP contribution in [0.4, 0.5) is 0 Å². The highest BCUT2D eigenvalue weighted by Gasteiger charge is 2.26. The van der Waals surface area contributed by atoms with Crippen LogP contribution < -0.4 is 5.73 Å². The van der Waals surface area contributed by atoms with Gasteiger partial charge >= 0.3 is 0 Å². The van der Waals surface area contributed by atoms with E-state index in [2.05, 4.69) is 0 Å². The van der Waals surface area contributed by atoms with E-state index in [1.807, 2.05) is 13.8 Å². The Morgan fingerprint density at radius 2 is 1.71 bits per heavy atom. The molecule has 1 unspecified atom stereocenters. The van der Waals surface area contributed by atoms with Crippen molar-refractivity contribution < 1.29 is 10.2 Å². The van der Waals surface area contributed by atoms with Gasteiger partial charge in [-0.1, -0.05) is 46.0 Å². The van der Waals surface area contributed by atoms with Gasteiger partial charge in [-0.15, -0.1) is 0 Å². The van der Waals surface area contributed by atoms with Gasteiger partial charge in [0, 0.05) is 6.04 Å². The van der Waals surface area contributed by atoms with Gasteiger partial charge < -0.3 is 15.9 Å². The Kier molecular flexibility index (Phi) is 6.45. The number of hydrogen-bond acceptors (Lipinski definition) is 3. The van der Waals surface area contributed by atoms with Crippen molar-refractivity contribution >= 4 is 0 Å². The average molecular weight is 243 g/mol. The van der Waals surface area contributed by atoms with E-state index >= 15 is 0 Å². The lowest BCUT2D eigenvalue weighted by molar-refractivity contribution is -0.0117. The third kappa shape index (κ3) is 5.36. The molecule has 0 amide bonds. The summed E-state index contributed by atoms with van der Waals surface area (Å²) in [4.78, 5) is 0. The molecule has 0 radical (unpaired) electrons. The van der Waals surface area contributed by atoms with E-state index in [-0.39, 0.29) is 6.04 Å². The second-order valence-corrected chi connectivity index (χ2v) is 6.09. The quantitative estimate of drug-likeness (QED) is 0.669. The topological polar surface area (TPSA) is 66.5 Å². The fourth-order valence-electron chi connectivity index (χ4n) is 2.85. The summed E-state index contributed by atoms with van der Waals surface area (Å²) < 4.78 is 0. The second kappa shape index (κ2) is 7.34. The number of rotatable bonds is 6. The highest BCUT2D eigenvalue weighted by molar-refractivity contribution is 4.82. The molecule has 102 valence electrons. The summed E-state index contributed by atoms with van der Waals surface area (Å²) in [7, 11) is 0. The second-order valence-electron chi connectivity index (χ2n) is 6.09. The maximum Gasteiger partial charge on any atom is 0.0949 e. The van der Waals surface area contributed by atoms with Gasteiger partial charge in [-0.2, -0.15) is 0 Å². The highest BCUT2D eigenvalue weighted by Crippen LogP contribution is 2.28. The number of hydrogen-bond donors (Lipinski definition) is 3. The molecule has 0 bridgehead atoms. The zero-order valence-corrected chi connectivity index (χ0v) is 11.3. The molecule has 1 fully saturated rings. The molecule has 1 aliphatic carbocycles. The minimum Gasteiger partial charge on any atom is -0.390 e. The number of nitrogens with two attached hydrogens (primary N) is 1. The molecule has 0 saturated heterocycles. The Hall–Kier alpha value is -0.120. The molecule has 3 nitrogen and oxygen atoms in total. The number of aliphatic hydroxyl groups excluding tert-OH is 2. The lowest BCUT2D eigenvalue weighted by Crippen LogP contribution is -2.44. The third-order valence-corrected chi connectivity index (χ3v) is 3.88. The van der Waals surface area contributed by atoms with Crippen LogP contribution in [0.1, 0.15) is 58.8 Å². The van der Waals surface area contributed by atoms with Crippen molar-refractivity contribution in [2.75, 3.05) is 0 Å². The monoisotopic (exact) mass is 243 g/mol. The summed E-state index contributed by atoms with van der Waals surface area (Å²) >= 11 is 0. The Bertz CT molecular complexity index is 202. The van der Waals surface area contributed by atoms with Crippen LogP contribution in [0, 0.1) is 11.8 Å². The van der Waals surface area contributed by atoms with E-state index in [4.69, 9.17) is 5.73 Å². The molecule has 0 aromatic carbocycles. The van der Waals surface area contributed by atoms with Crippen molar-refractivity contribution in [3.05, 3.63) is 0 Å². The molecule has 0 aromatic heterocycles. The van der Waals surface area contributed by atoms with Crippen molar-refractivity contribution in [2.24, 2.45) is 17.6 Å². The Morgan fingerprint density at radius 1 is 1.12 bits per heavy atom. The molecule has 0 heterocycles. The fourth-order valence-corrected chi connectivity index (χ4v) is 2.85. The van der Waals surface area contributed by atoms with Crippen LogP contribution in [-0.4, -0.2) is 28.5 Å². The molecule has 0 aliphatic heterocycles. The molecule has 1 rings (SSSR count). The largest absolute Gasteiger partial charge is 0.390 e. The van der Waals surface area contributed by atoms with Crippen molar-refractivity contribution in [1.82, 2.24) is 0 Å². The first-order valence-electron chi connectivity index (χ1n) is 7.12. The van der Waals surface area contributed by atoms with Crippen LogP contribution in [-0.2, 0) is 0 Å². The summed E-state index contributed by atoms with van der Waals surface area (Å²) in [6.45, 7) is 4.09. The first kappa shape index (κ1) is 14.9. The van der Waals surface area contributed by atoms with E-state index in [0.717, 1.165) is 6.42 Å². The first-order valence-corrected chi connectivity index (χ1v) is 7.12. The Labute approximate surface area is 105 Å². The predicted molar refractivity (Wildman–Crippen MR) is 70.6 cm³/mol. The van der Waals surface area contributed by atoms with Crippen LogP contribution in [0.15, 0.2) is 0 Å². The highest BCUT2D eigenvalue weighted by atomic mass is 16.3. The van der Waals surface area contributed by atoms with Gasteiger partial charge in [0.25, 0.3) is 0 Å².